The van der Waals surface area contributed by atoms with E-state index < -0.39 is 0 Å². The summed E-state index contributed by atoms with van der Waals surface area (Å²) in [6.07, 6.45) is 4.19. The van der Waals surface area contributed by atoms with Gasteiger partial charge in [0.25, 0.3) is 0 Å². The Bertz CT molecular complexity index is 499. The normalized spacial score (nSPS) is 16.4. The molecule has 0 aliphatic heterocycles. The molecule has 0 saturated heterocycles. The number of fused-ring (bicyclic) bond motifs is 1. The molecule has 1 aliphatic carbocycles. The van der Waals surface area contributed by atoms with Gasteiger partial charge in [-0.2, -0.15) is 0 Å². The minimum Gasteiger partial charge on any atom is -0.508 e. The molecular formula is C11H10FNO. The number of rotatable bonds is 1. The van der Waals surface area contributed by atoms with E-state index in [1.54, 1.807) is 6.07 Å². The molecule has 1 aliphatic rings. The van der Waals surface area contributed by atoms with Gasteiger partial charge in [0.2, 0.25) is 0 Å². The minimum absolute atomic E-state index is 0.00324. The lowest BCUT2D eigenvalue weighted by molar-refractivity contribution is 0.471. The Morgan fingerprint density at radius 2 is 2.14 bits per heavy atom. The topological polar surface area (TPSA) is 36.0 Å². The van der Waals surface area contributed by atoms with Crippen LogP contribution < -0.4 is 0 Å². The first kappa shape index (κ1) is 7.85. The lowest BCUT2D eigenvalue weighted by Crippen LogP contribution is -1.79. The second kappa shape index (κ2) is 2.50. The third kappa shape index (κ3) is 1.02. The van der Waals surface area contributed by atoms with Crippen LogP contribution >= 0.6 is 0 Å². The third-order valence-electron chi connectivity index (χ3n) is 2.78. The predicted octanol–water partition coefficient (Wildman–Crippen LogP) is 2.89. The molecule has 3 heteroatoms. The van der Waals surface area contributed by atoms with E-state index in [9.17, 15) is 9.50 Å². The summed E-state index contributed by atoms with van der Waals surface area (Å²) in [4.78, 5) is 2.92. The first-order chi connectivity index (χ1) is 6.75. The summed E-state index contributed by atoms with van der Waals surface area (Å²) in [7, 11) is 0. The summed E-state index contributed by atoms with van der Waals surface area (Å²) >= 11 is 0. The number of H-pyrrole nitrogens is 1. The highest BCUT2D eigenvalue weighted by atomic mass is 19.1. The van der Waals surface area contributed by atoms with Gasteiger partial charge < -0.3 is 10.1 Å². The Balaban J connectivity index is 2.33. The highest BCUT2D eigenvalue weighted by Gasteiger charge is 2.26. The Labute approximate surface area is 80.4 Å². The van der Waals surface area contributed by atoms with Crippen LogP contribution in [-0.2, 0) is 0 Å². The second-order valence-electron chi connectivity index (χ2n) is 3.87. The lowest BCUT2D eigenvalue weighted by atomic mass is 10.1. The number of hydrogen-bond acceptors (Lipinski definition) is 1. The van der Waals surface area contributed by atoms with Crippen molar-refractivity contribution in [1.82, 2.24) is 4.98 Å². The molecule has 0 spiro atoms. The van der Waals surface area contributed by atoms with Crippen molar-refractivity contribution in [2.75, 3.05) is 0 Å². The van der Waals surface area contributed by atoms with Crippen LogP contribution in [0, 0.1) is 5.82 Å². The number of phenolic OH excluding ortho intramolecular Hbond substituents is 1. The van der Waals surface area contributed by atoms with Crippen molar-refractivity contribution >= 4 is 10.9 Å². The number of aromatic nitrogens is 1. The van der Waals surface area contributed by atoms with E-state index in [4.69, 9.17) is 0 Å². The van der Waals surface area contributed by atoms with Gasteiger partial charge in [0, 0.05) is 17.6 Å². The molecule has 72 valence electrons. The summed E-state index contributed by atoms with van der Waals surface area (Å²) in [6, 6.07) is 2.76. The van der Waals surface area contributed by atoms with Gasteiger partial charge in [0.1, 0.15) is 5.75 Å². The van der Waals surface area contributed by atoms with Crippen molar-refractivity contribution in [3.05, 3.63) is 29.7 Å². The number of hydrogen-bond donors (Lipinski definition) is 2. The van der Waals surface area contributed by atoms with E-state index in [0.29, 0.717) is 11.4 Å². The maximum absolute atomic E-state index is 13.4. The minimum atomic E-state index is -0.383. The van der Waals surface area contributed by atoms with Gasteiger partial charge in [-0.3, -0.25) is 0 Å². The van der Waals surface area contributed by atoms with Crippen molar-refractivity contribution in [3.63, 3.8) is 0 Å². The molecule has 1 aromatic carbocycles. The molecule has 0 bridgehead atoms. The molecule has 1 saturated carbocycles. The molecule has 0 unspecified atom stereocenters. The zero-order valence-corrected chi connectivity index (χ0v) is 7.55. The summed E-state index contributed by atoms with van der Waals surface area (Å²) in [6.45, 7) is 0. The number of halogens is 1. The van der Waals surface area contributed by atoms with Crippen LogP contribution in [0.4, 0.5) is 4.39 Å². The fraction of sp³-hybridized carbons (Fsp3) is 0.273. The maximum atomic E-state index is 13.4. The molecule has 2 aromatic rings. The van der Waals surface area contributed by atoms with Crippen molar-refractivity contribution in [2.45, 2.75) is 18.8 Å². The molecule has 3 rings (SSSR count). The van der Waals surface area contributed by atoms with Crippen molar-refractivity contribution < 1.29 is 9.50 Å². The van der Waals surface area contributed by atoms with Crippen molar-refractivity contribution in [1.29, 1.82) is 0 Å². The second-order valence-corrected chi connectivity index (χ2v) is 3.87. The number of benzene rings is 1. The van der Waals surface area contributed by atoms with E-state index in [1.165, 1.54) is 12.8 Å². The van der Waals surface area contributed by atoms with E-state index in [-0.39, 0.29) is 11.6 Å². The van der Waals surface area contributed by atoms with Crippen LogP contribution in [-0.4, -0.2) is 10.1 Å². The number of aromatic amines is 1. The fourth-order valence-electron chi connectivity index (χ4n) is 1.93. The van der Waals surface area contributed by atoms with Crippen LogP contribution in [0.3, 0.4) is 0 Å². The highest BCUT2D eigenvalue weighted by Crippen LogP contribution is 2.44. The number of aromatic hydroxyl groups is 1. The van der Waals surface area contributed by atoms with Crippen molar-refractivity contribution in [2.24, 2.45) is 0 Å². The van der Waals surface area contributed by atoms with Gasteiger partial charge in [-0.15, -0.1) is 0 Å². The zero-order valence-electron chi connectivity index (χ0n) is 7.55. The molecule has 0 atom stereocenters. The lowest BCUT2D eigenvalue weighted by Gasteiger charge is -1.97. The van der Waals surface area contributed by atoms with Gasteiger partial charge in [-0.05, 0) is 30.4 Å². The molecule has 0 amide bonds. The fourth-order valence-corrected chi connectivity index (χ4v) is 1.93. The Morgan fingerprint density at radius 1 is 1.36 bits per heavy atom. The highest BCUT2D eigenvalue weighted by molar-refractivity contribution is 5.86. The van der Waals surface area contributed by atoms with Crippen molar-refractivity contribution in [3.8, 4) is 5.75 Å². The first-order valence-electron chi connectivity index (χ1n) is 4.75. The van der Waals surface area contributed by atoms with Gasteiger partial charge in [-0.25, -0.2) is 4.39 Å². The summed E-state index contributed by atoms with van der Waals surface area (Å²) in [5, 5.41) is 10.1. The van der Waals surface area contributed by atoms with Crippen LogP contribution in [0.1, 0.15) is 24.3 Å². The molecule has 1 fully saturated rings. The number of nitrogens with one attached hydrogen (secondary N) is 1. The summed E-state index contributed by atoms with van der Waals surface area (Å²) in [5.74, 6) is 0.174. The number of phenols is 1. The Hall–Kier alpha value is -1.51. The molecule has 2 nitrogen and oxygen atoms in total. The molecule has 0 radical (unpaired) electrons. The molecular weight excluding hydrogens is 181 g/mol. The SMILES string of the molecule is Oc1cc(F)c2[nH]cc(C3CC3)c2c1. The third-order valence-corrected chi connectivity index (χ3v) is 2.78. The maximum Gasteiger partial charge on any atom is 0.150 e. The first-order valence-corrected chi connectivity index (χ1v) is 4.75. The molecule has 14 heavy (non-hydrogen) atoms. The quantitative estimate of drug-likeness (QED) is 0.714. The van der Waals surface area contributed by atoms with Gasteiger partial charge in [0.15, 0.2) is 5.82 Å². The standard InChI is InChI=1S/C11H10FNO/c12-10-4-7(14)3-8-9(6-1-2-6)5-13-11(8)10/h3-6,13-14H,1-2H2. The smallest absolute Gasteiger partial charge is 0.150 e. The Morgan fingerprint density at radius 3 is 2.86 bits per heavy atom. The van der Waals surface area contributed by atoms with E-state index in [0.717, 1.165) is 17.0 Å². The van der Waals surface area contributed by atoms with Gasteiger partial charge in [-0.1, -0.05) is 0 Å². The average molecular weight is 191 g/mol. The summed E-state index contributed by atoms with van der Waals surface area (Å²) < 4.78 is 13.4. The molecule has 1 aromatic heterocycles. The predicted molar refractivity (Wildman–Crippen MR) is 51.9 cm³/mol. The monoisotopic (exact) mass is 191 g/mol. The van der Waals surface area contributed by atoms with Crippen LogP contribution in [0.2, 0.25) is 0 Å². The van der Waals surface area contributed by atoms with Gasteiger partial charge >= 0.3 is 0 Å². The average Bonchev–Trinajstić information content (AvgIpc) is 2.87. The molecule has 2 N–H and O–H groups in total. The summed E-state index contributed by atoms with van der Waals surface area (Å²) in [5.41, 5.74) is 1.64. The van der Waals surface area contributed by atoms with E-state index >= 15 is 0 Å². The van der Waals surface area contributed by atoms with E-state index in [1.807, 2.05) is 6.20 Å². The van der Waals surface area contributed by atoms with Gasteiger partial charge in [0.05, 0.1) is 5.52 Å². The van der Waals surface area contributed by atoms with Crippen LogP contribution in [0.25, 0.3) is 10.9 Å². The van der Waals surface area contributed by atoms with Crippen LogP contribution in [0.15, 0.2) is 18.3 Å². The largest absolute Gasteiger partial charge is 0.508 e. The van der Waals surface area contributed by atoms with E-state index in [2.05, 4.69) is 4.98 Å². The molecule has 1 heterocycles. The zero-order chi connectivity index (χ0) is 9.71. The van der Waals surface area contributed by atoms with Crippen LogP contribution in [0.5, 0.6) is 5.75 Å². The Kier molecular flexibility index (Phi) is 1.40.